The molecular weight excluding hydrogens is 246 g/mol. The molecule has 1 unspecified atom stereocenters. The maximum atomic E-state index is 11.5. The average molecular weight is 265 g/mol. The highest BCUT2D eigenvalue weighted by atomic mass is 32.2. The minimum Gasteiger partial charge on any atom is -0.480 e. The van der Waals surface area contributed by atoms with Gasteiger partial charge in [-0.25, -0.2) is 4.79 Å². The maximum Gasteiger partial charge on any atom is 0.328 e. The second-order valence-corrected chi connectivity index (χ2v) is 6.28. The van der Waals surface area contributed by atoms with Crippen LogP contribution in [-0.4, -0.2) is 16.8 Å². The molecule has 1 aliphatic rings. The molecule has 0 aromatic heterocycles. The Morgan fingerprint density at radius 3 is 2.83 bits per heavy atom. The predicted molar refractivity (Wildman–Crippen MR) is 74.0 cm³/mol. The van der Waals surface area contributed by atoms with Gasteiger partial charge in [-0.05, 0) is 41.7 Å². The van der Waals surface area contributed by atoms with Gasteiger partial charge in [0.15, 0.2) is 0 Å². The van der Waals surface area contributed by atoms with Crippen LogP contribution in [0, 0.1) is 0 Å². The fourth-order valence-electron chi connectivity index (χ4n) is 2.27. The number of rotatable bonds is 2. The second-order valence-electron chi connectivity index (χ2n) is 5.14. The van der Waals surface area contributed by atoms with Gasteiger partial charge in [0, 0.05) is 4.90 Å². The summed E-state index contributed by atoms with van der Waals surface area (Å²) in [5.74, 6) is 0.383. The Balaban J connectivity index is 2.57. The monoisotopic (exact) mass is 265 g/mol. The van der Waals surface area contributed by atoms with Crippen LogP contribution >= 0.6 is 11.8 Å². The van der Waals surface area contributed by atoms with E-state index < -0.39 is 11.5 Å². The molecule has 0 bridgehead atoms. The Morgan fingerprint density at radius 2 is 2.22 bits per heavy atom. The Hall–Kier alpha value is -1.00. The summed E-state index contributed by atoms with van der Waals surface area (Å²) in [6.45, 7) is 4.20. The lowest BCUT2D eigenvalue weighted by Gasteiger charge is -2.26. The molecule has 0 saturated heterocycles. The smallest absolute Gasteiger partial charge is 0.328 e. The number of benzene rings is 1. The number of nitrogens with two attached hydrogens (primary N) is 1. The zero-order valence-electron chi connectivity index (χ0n) is 10.8. The van der Waals surface area contributed by atoms with E-state index in [1.807, 2.05) is 12.1 Å². The van der Waals surface area contributed by atoms with Crippen molar-refractivity contribution < 1.29 is 9.90 Å². The molecule has 1 atom stereocenters. The molecule has 0 saturated carbocycles. The van der Waals surface area contributed by atoms with Crippen LogP contribution in [0.1, 0.15) is 43.7 Å². The normalized spacial score (nSPS) is 23.6. The molecule has 1 aliphatic heterocycles. The molecule has 3 nitrogen and oxygen atoms in total. The van der Waals surface area contributed by atoms with Crippen LogP contribution in [0.4, 0.5) is 0 Å². The van der Waals surface area contributed by atoms with Gasteiger partial charge in [0.25, 0.3) is 0 Å². The molecule has 0 spiro atoms. The van der Waals surface area contributed by atoms with Gasteiger partial charge in [-0.2, -0.15) is 0 Å². The Morgan fingerprint density at radius 1 is 1.50 bits per heavy atom. The Kier molecular flexibility index (Phi) is 3.69. The van der Waals surface area contributed by atoms with Gasteiger partial charge < -0.3 is 10.8 Å². The molecular formula is C14H19NO2S. The van der Waals surface area contributed by atoms with E-state index in [9.17, 15) is 9.90 Å². The minimum atomic E-state index is -1.23. The van der Waals surface area contributed by atoms with Crippen LogP contribution in [0.25, 0.3) is 0 Å². The topological polar surface area (TPSA) is 63.3 Å². The number of hydrogen-bond donors (Lipinski definition) is 2. The first-order valence-corrected chi connectivity index (χ1v) is 7.23. The average Bonchev–Trinajstić information content (AvgIpc) is 2.49. The fraction of sp³-hybridized carbons (Fsp3) is 0.500. The van der Waals surface area contributed by atoms with Crippen LogP contribution < -0.4 is 5.73 Å². The summed E-state index contributed by atoms with van der Waals surface area (Å²) in [6, 6.07) is 6.07. The lowest BCUT2D eigenvalue weighted by molar-refractivity contribution is -0.144. The number of carbonyl (C=O) groups is 1. The molecule has 3 N–H and O–H groups in total. The molecule has 1 aromatic rings. The summed E-state index contributed by atoms with van der Waals surface area (Å²) in [6.07, 6.45) is 1.34. The van der Waals surface area contributed by atoms with Gasteiger partial charge in [0.2, 0.25) is 0 Å². The largest absolute Gasteiger partial charge is 0.480 e. The number of carboxylic acids is 1. The highest BCUT2D eigenvalue weighted by Gasteiger charge is 2.39. The van der Waals surface area contributed by atoms with Crippen LogP contribution in [0.15, 0.2) is 23.1 Å². The van der Waals surface area contributed by atoms with E-state index in [4.69, 9.17) is 5.73 Å². The summed E-state index contributed by atoms with van der Waals surface area (Å²) in [7, 11) is 0. The van der Waals surface area contributed by atoms with E-state index in [-0.39, 0.29) is 0 Å². The van der Waals surface area contributed by atoms with Crippen molar-refractivity contribution in [2.75, 3.05) is 5.75 Å². The molecule has 0 amide bonds. The number of thioether (sulfide) groups is 1. The van der Waals surface area contributed by atoms with Gasteiger partial charge in [0.1, 0.15) is 5.54 Å². The summed E-state index contributed by atoms with van der Waals surface area (Å²) in [4.78, 5) is 12.6. The third-order valence-corrected chi connectivity index (χ3v) is 4.67. The zero-order chi connectivity index (χ0) is 13.3. The SMILES string of the molecule is CC(C)c1ccc2c(c1)C(N)(C(=O)O)CCCS2. The van der Waals surface area contributed by atoms with Crippen molar-refractivity contribution in [2.24, 2.45) is 5.73 Å². The lowest BCUT2D eigenvalue weighted by atomic mass is 9.84. The molecule has 2 rings (SSSR count). The number of fused-ring (bicyclic) bond motifs is 1. The number of hydrogen-bond acceptors (Lipinski definition) is 3. The van der Waals surface area contributed by atoms with Crippen molar-refractivity contribution in [1.82, 2.24) is 0 Å². The van der Waals surface area contributed by atoms with E-state index in [1.54, 1.807) is 11.8 Å². The third-order valence-electron chi connectivity index (χ3n) is 3.51. The van der Waals surface area contributed by atoms with Gasteiger partial charge in [-0.15, -0.1) is 11.8 Å². The van der Waals surface area contributed by atoms with Crippen molar-refractivity contribution >= 4 is 17.7 Å². The zero-order valence-corrected chi connectivity index (χ0v) is 11.6. The van der Waals surface area contributed by atoms with Gasteiger partial charge in [-0.1, -0.05) is 26.0 Å². The van der Waals surface area contributed by atoms with Crippen LogP contribution in [-0.2, 0) is 10.3 Å². The first-order valence-electron chi connectivity index (χ1n) is 6.24. The van der Waals surface area contributed by atoms with E-state index in [2.05, 4.69) is 19.9 Å². The lowest BCUT2D eigenvalue weighted by Crippen LogP contribution is -2.45. The first-order chi connectivity index (χ1) is 8.45. The van der Waals surface area contributed by atoms with E-state index >= 15 is 0 Å². The van der Waals surface area contributed by atoms with Gasteiger partial charge in [0.05, 0.1) is 0 Å². The van der Waals surface area contributed by atoms with Crippen molar-refractivity contribution in [1.29, 1.82) is 0 Å². The third kappa shape index (κ3) is 2.27. The molecule has 0 aliphatic carbocycles. The van der Waals surface area contributed by atoms with Crippen LogP contribution in [0.2, 0.25) is 0 Å². The predicted octanol–water partition coefficient (Wildman–Crippen LogP) is 2.93. The maximum absolute atomic E-state index is 11.5. The fourth-order valence-corrected chi connectivity index (χ4v) is 3.34. The van der Waals surface area contributed by atoms with Crippen molar-refractivity contribution in [2.45, 2.75) is 43.0 Å². The quantitative estimate of drug-likeness (QED) is 0.863. The standard InChI is InChI=1S/C14H19NO2S/c1-9(2)10-4-5-12-11(8-10)14(15,13(16)17)6-3-7-18-12/h4-5,8-9H,3,6-7,15H2,1-2H3,(H,16,17). The van der Waals surface area contributed by atoms with Crippen molar-refractivity contribution in [3.05, 3.63) is 29.3 Å². The van der Waals surface area contributed by atoms with Crippen LogP contribution in [0.3, 0.4) is 0 Å². The summed E-state index contributed by atoms with van der Waals surface area (Å²) in [5, 5.41) is 9.46. The molecule has 18 heavy (non-hydrogen) atoms. The Labute approximate surface area is 112 Å². The Bertz CT molecular complexity index is 473. The molecule has 0 radical (unpaired) electrons. The second kappa shape index (κ2) is 4.94. The van der Waals surface area contributed by atoms with E-state index in [0.717, 1.165) is 28.2 Å². The van der Waals surface area contributed by atoms with Crippen molar-refractivity contribution in [3.63, 3.8) is 0 Å². The molecule has 1 heterocycles. The molecule has 1 aromatic carbocycles. The molecule has 4 heteroatoms. The summed E-state index contributed by atoms with van der Waals surface area (Å²) >= 11 is 1.71. The van der Waals surface area contributed by atoms with E-state index in [0.29, 0.717) is 12.3 Å². The minimum absolute atomic E-state index is 0.376. The highest BCUT2D eigenvalue weighted by molar-refractivity contribution is 7.99. The van der Waals surface area contributed by atoms with Crippen LogP contribution in [0.5, 0.6) is 0 Å². The van der Waals surface area contributed by atoms with Gasteiger partial charge in [-0.3, -0.25) is 0 Å². The summed E-state index contributed by atoms with van der Waals surface area (Å²) in [5.41, 5.74) is 6.86. The molecule has 98 valence electrons. The van der Waals surface area contributed by atoms with E-state index in [1.165, 1.54) is 0 Å². The molecule has 0 fully saturated rings. The van der Waals surface area contributed by atoms with Crippen molar-refractivity contribution in [3.8, 4) is 0 Å². The number of carboxylic acid groups (broad SMARTS) is 1. The van der Waals surface area contributed by atoms with Gasteiger partial charge >= 0.3 is 5.97 Å². The summed E-state index contributed by atoms with van der Waals surface area (Å²) < 4.78 is 0. The first kappa shape index (κ1) is 13.4. The number of aliphatic carboxylic acids is 1. The highest BCUT2D eigenvalue weighted by Crippen LogP contribution is 2.39.